The summed E-state index contributed by atoms with van der Waals surface area (Å²) in [6.07, 6.45) is 2.47. The molecule has 0 amide bonds. The van der Waals surface area contributed by atoms with Gasteiger partial charge in [-0.1, -0.05) is 17.8 Å². The molecule has 0 aromatic carbocycles. The van der Waals surface area contributed by atoms with E-state index in [-0.39, 0.29) is 11.9 Å². The molecule has 4 heterocycles. The summed E-state index contributed by atoms with van der Waals surface area (Å²) in [5.74, 6) is 1.18. The van der Waals surface area contributed by atoms with Crippen LogP contribution in [-0.4, -0.2) is 44.0 Å². The van der Waals surface area contributed by atoms with Crippen LogP contribution in [-0.2, 0) is 11.3 Å². The lowest BCUT2D eigenvalue weighted by molar-refractivity contribution is 0.0957. The van der Waals surface area contributed by atoms with Gasteiger partial charge in [0.15, 0.2) is 11.6 Å². The highest BCUT2D eigenvalue weighted by molar-refractivity contribution is 7.99. The molecule has 3 aromatic rings. The quantitative estimate of drug-likeness (QED) is 0.476. The molecule has 1 fully saturated rings. The van der Waals surface area contributed by atoms with E-state index >= 15 is 0 Å². The number of aromatic amines is 1. The second-order valence-corrected chi connectivity index (χ2v) is 8.58. The summed E-state index contributed by atoms with van der Waals surface area (Å²) in [4.78, 5) is 18.3. The molecule has 0 saturated carbocycles. The summed E-state index contributed by atoms with van der Waals surface area (Å²) in [5, 5.41) is 9.74. The highest BCUT2D eigenvalue weighted by Gasteiger charge is 2.21. The van der Waals surface area contributed by atoms with Gasteiger partial charge in [0.25, 0.3) is 0 Å². The van der Waals surface area contributed by atoms with Crippen LogP contribution >= 0.6 is 23.1 Å². The maximum atomic E-state index is 12.7. The van der Waals surface area contributed by atoms with Gasteiger partial charge in [-0.2, -0.15) is 0 Å². The molecule has 6 nitrogen and oxygen atoms in total. The molecule has 1 unspecified atom stereocenters. The highest BCUT2D eigenvalue weighted by atomic mass is 32.2. The van der Waals surface area contributed by atoms with Crippen molar-refractivity contribution in [2.24, 2.45) is 0 Å². The van der Waals surface area contributed by atoms with E-state index in [1.807, 2.05) is 30.5 Å². The number of ether oxygens (including phenoxy) is 1. The molecular formula is C19H22N4O2S2. The van der Waals surface area contributed by atoms with Crippen molar-refractivity contribution in [3.8, 4) is 10.7 Å². The number of carbonyl (C=O) groups excluding carboxylic acids is 1. The van der Waals surface area contributed by atoms with E-state index in [1.165, 1.54) is 11.8 Å². The number of nitrogens with one attached hydrogen (secondary N) is 1. The molecule has 1 aliphatic heterocycles. The number of Topliss-reactive ketones (excluding diaryl/α,β-unsaturated/α-hetero) is 1. The number of aromatic nitrogens is 4. The second kappa shape index (κ2) is 8.00. The van der Waals surface area contributed by atoms with Crippen LogP contribution in [0.1, 0.15) is 34.6 Å². The van der Waals surface area contributed by atoms with Crippen molar-refractivity contribution >= 4 is 28.9 Å². The minimum atomic E-state index is 0.106. The Hall–Kier alpha value is -1.90. The summed E-state index contributed by atoms with van der Waals surface area (Å²) in [6.45, 7) is 5.73. The third-order valence-corrected chi connectivity index (χ3v) is 6.56. The Morgan fingerprint density at radius 2 is 2.37 bits per heavy atom. The highest BCUT2D eigenvalue weighted by Crippen LogP contribution is 2.25. The first-order valence-electron chi connectivity index (χ1n) is 9.02. The number of nitrogens with zero attached hydrogens (tertiary/aromatic N) is 3. The van der Waals surface area contributed by atoms with Crippen LogP contribution < -0.4 is 0 Å². The maximum Gasteiger partial charge on any atom is 0.209 e. The number of rotatable bonds is 7. The van der Waals surface area contributed by atoms with Crippen LogP contribution in [0.2, 0.25) is 0 Å². The molecule has 1 aliphatic rings. The molecule has 1 saturated heterocycles. The first-order chi connectivity index (χ1) is 13.1. The molecule has 142 valence electrons. The SMILES string of the molecule is Cc1cc(C(=O)CSc2n[nH]c(-c3cccs3)n2)c(C)n1CC1CCCO1. The Bertz CT molecular complexity index is 924. The Morgan fingerprint density at radius 1 is 1.48 bits per heavy atom. The van der Waals surface area contributed by atoms with Crippen LogP contribution in [0, 0.1) is 13.8 Å². The number of thiophene rings is 1. The molecule has 0 aliphatic carbocycles. The first-order valence-corrected chi connectivity index (χ1v) is 10.9. The van der Waals surface area contributed by atoms with Crippen molar-refractivity contribution in [3.05, 3.63) is 40.5 Å². The smallest absolute Gasteiger partial charge is 0.209 e. The van der Waals surface area contributed by atoms with E-state index in [9.17, 15) is 4.79 Å². The van der Waals surface area contributed by atoms with Gasteiger partial charge in [0.1, 0.15) is 0 Å². The minimum Gasteiger partial charge on any atom is -0.376 e. The van der Waals surface area contributed by atoms with E-state index in [1.54, 1.807) is 11.3 Å². The number of carbonyl (C=O) groups is 1. The third-order valence-electron chi connectivity index (χ3n) is 4.84. The number of aryl methyl sites for hydroxylation is 1. The zero-order valence-corrected chi connectivity index (χ0v) is 17.0. The van der Waals surface area contributed by atoms with E-state index in [4.69, 9.17) is 4.74 Å². The Balaban J connectivity index is 1.41. The first kappa shape index (κ1) is 18.5. The summed E-state index contributed by atoms with van der Waals surface area (Å²) in [7, 11) is 0. The molecule has 1 N–H and O–H groups in total. The molecule has 0 bridgehead atoms. The molecular weight excluding hydrogens is 380 g/mol. The number of H-pyrrole nitrogens is 1. The number of hydrogen-bond donors (Lipinski definition) is 1. The predicted octanol–water partition coefficient (Wildman–Crippen LogP) is 4.11. The summed E-state index contributed by atoms with van der Waals surface area (Å²) < 4.78 is 7.95. The predicted molar refractivity (Wildman–Crippen MR) is 108 cm³/mol. The fourth-order valence-electron chi connectivity index (χ4n) is 3.40. The van der Waals surface area contributed by atoms with Crippen molar-refractivity contribution in [1.29, 1.82) is 0 Å². The van der Waals surface area contributed by atoms with Gasteiger partial charge >= 0.3 is 0 Å². The fraction of sp³-hybridized carbons (Fsp3) is 0.421. The lowest BCUT2D eigenvalue weighted by Crippen LogP contribution is -2.17. The number of thioether (sulfide) groups is 1. The molecule has 1 atom stereocenters. The zero-order valence-electron chi connectivity index (χ0n) is 15.4. The van der Waals surface area contributed by atoms with Gasteiger partial charge in [-0.15, -0.1) is 16.4 Å². The van der Waals surface area contributed by atoms with Gasteiger partial charge in [-0.25, -0.2) is 4.98 Å². The molecule has 8 heteroatoms. The molecule has 3 aromatic heterocycles. The van der Waals surface area contributed by atoms with Crippen LogP contribution in [0.3, 0.4) is 0 Å². The normalized spacial score (nSPS) is 16.9. The minimum absolute atomic E-state index is 0.106. The van der Waals surface area contributed by atoms with Crippen molar-refractivity contribution in [3.63, 3.8) is 0 Å². The summed E-state index contributed by atoms with van der Waals surface area (Å²) in [6, 6.07) is 5.96. The van der Waals surface area contributed by atoms with Gasteiger partial charge in [-0.3, -0.25) is 9.89 Å². The van der Waals surface area contributed by atoms with E-state index in [2.05, 4.69) is 26.7 Å². The van der Waals surface area contributed by atoms with E-state index in [0.717, 1.165) is 53.6 Å². The van der Waals surface area contributed by atoms with Crippen LogP contribution in [0.15, 0.2) is 28.7 Å². The standard InChI is InChI=1S/C19H22N4O2S2/c1-12-9-15(13(2)23(12)10-14-5-3-7-25-14)16(24)11-27-19-20-18(21-22-19)17-6-4-8-26-17/h4,6,8-9,14H,3,5,7,10-11H2,1-2H3,(H,20,21,22). The molecule has 4 rings (SSSR count). The Morgan fingerprint density at radius 3 is 3.11 bits per heavy atom. The largest absolute Gasteiger partial charge is 0.376 e. The van der Waals surface area contributed by atoms with Crippen LogP contribution in [0.5, 0.6) is 0 Å². The van der Waals surface area contributed by atoms with Crippen LogP contribution in [0.4, 0.5) is 0 Å². The lowest BCUT2D eigenvalue weighted by Gasteiger charge is -2.14. The third kappa shape index (κ3) is 4.02. The maximum absolute atomic E-state index is 12.7. The van der Waals surface area contributed by atoms with Gasteiger partial charge in [-0.05, 0) is 44.2 Å². The molecule has 0 spiro atoms. The fourth-order valence-corrected chi connectivity index (χ4v) is 4.74. The van der Waals surface area contributed by atoms with Crippen molar-refractivity contribution in [2.45, 2.75) is 44.5 Å². The monoisotopic (exact) mass is 402 g/mol. The van der Waals surface area contributed by atoms with Crippen molar-refractivity contribution in [1.82, 2.24) is 19.7 Å². The van der Waals surface area contributed by atoms with E-state index in [0.29, 0.717) is 10.9 Å². The van der Waals surface area contributed by atoms with E-state index < -0.39 is 0 Å². The van der Waals surface area contributed by atoms with Crippen molar-refractivity contribution in [2.75, 3.05) is 12.4 Å². The van der Waals surface area contributed by atoms with Crippen molar-refractivity contribution < 1.29 is 9.53 Å². The lowest BCUT2D eigenvalue weighted by atomic mass is 10.2. The molecule has 27 heavy (non-hydrogen) atoms. The molecule has 0 radical (unpaired) electrons. The van der Waals surface area contributed by atoms with Crippen LogP contribution in [0.25, 0.3) is 10.7 Å². The average molecular weight is 403 g/mol. The summed E-state index contributed by atoms with van der Waals surface area (Å²) >= 11 is 2.97. The van der Waals surface area contributed by atoms with Gasteiger partial charge in [0.2, 0.25) is 5.16 Å². The Kier molecular flexibility index (Phi) is 5.47. The Labute approximate surface area is 166 Å². The van der Waals surface area contributed by atoms with Gasteiger partial charge in [0.05, 0.1) is 16.7 Å². The second-order valence-electron chi connectivity index (χ2n) is 6.69. The van der Waals surface area contributed by atoms with Gasteiger partial charge < -0.3 is 9.30 Å². The zero-order chi connectivity index (χ0) is 18.8. The topological polar surface area (TPSA) is 72.8 Å². The number of ketones is 1. The number of hydrogen-bond acceptors (Lipinski definition) is 6. The average Bonchev–Trinajstić information content (AvgIpc) is 3.43. The van der Waals surface area contributed by atoms with Gasteiger partial charge in [0, 0.05) is 30.1 Å². The summed E-state index contributed by atoms with van der Waals surface area (Å²) in [5.41, 5.74) is 2.91.